The van der Waals surface area contributed by atoms with Crippen molar-refractivity contribution in [2.75, 3.05) is 13.1 Å². The van der Waals surface area contributed by atoms with Gasteiger partial charge in [0.15, 0.2) is 0 Å². The first-order valence-corrected chi connectivity index (χ1v) is 13.5. The van der Waals surface area contributed by atoms with Crippen LogP contribution in [0.3, 0.4) is 0 Å². The van der Waals surface area contributed by atoms with Crippen LogP contribution in [0.5, 0.6) is 0 Å². The van der Waals surface area contributed by atoms with Gasteiger partial charge in [-0.3, -0.25) is 14.6 Å². The van der Waals surface area contributed by atoms with Crippen molar-refractivity contribution in [2.45, 2.75) is 63.8 Å². The summed E-state index contributed by atoms with van der Waals surface area (Å²) in [6.07, 6.45) is 1.46. The monoisotopic (exact) mass is 565 g/mol. The molecule has 1 saturated heterocycles. The van der Waals surface area contributed by atoms with Crippen molar-refractivity contribution in [3.63, 3.8) is 0 Å². The molecule has 1 fully saturated rings. The molecule has 1 aliphatic heterocycles. The zero-order valence-electron chi connectivity index (χ0n) is 22.8. The van der Waals surface area contributed by atoms with Crippen LogP contribution in [-0.4, -0.2) is 54.2 Å². The van der Waals surface area contributed by atoms with Gasteiger partial charge in [0.05, 0.1) is 13.1 Å². The van der Waals surface area contributed by atoms with Crippen molar-refractivity contribution in [1.82, 2.24) is 10.3 Å². The minimum absolute atomic E-state index is 0.119. The van der Waals surface area contributed by atoms with Crippen molar-refractivity contribution >= 4 is 24.0 Å². The molecule has 0 aliphatic carbocycles. The van der Waals surface area contributed by atoms with Crippen LogP contribution in [0.25, 0.3) is 0 Å². The number of nitrogens with zero attached hydrogens (tertiary/aromatic N) is 5. The van der Waals surface area contributed by atoms with Crippen LogP contribution in [0, 0.1) is 0 Å². The van der Waals surface area contributed by atoms with Crippen LogP contribution < -0.4 is 11.2 Å². The van der Waals surface area contributed by atoms with Crippen LogP contribution in [0.2, 0.25) is 0 Å². The Labute approximate surface area is 238 Å². The number of carbonyl (C=O) groups excluding carboxylic acids is 4. The number of benzene rings is 2. The molecule has 13 heteroatoms. The van der Waals surface area contributed by atoms with Crippen molar-refractivity contribution < 1.29 is 28.7 Å². The SMILES string of the molecule is NN1C(=O)C(CCCCN=NC(=O)OCc2ccccc2)NC(=O)C1CCCCN=NC(=O)OCc1ccccc1. The van der Waals surface area contributed by atoms with Crippen LogP contribution in [-0.2, 0) is 32.3 Å². The van der Waals surface area contributed by atoms with E-state index in [1.807, 2.05) is 60.7 Å². The van der Waals surface area contributed by atoms with Gasteiger partial charge in [-0.15, -0.1) is 0 Å². The van der Waals surface area contributed by atoms with Gasteiger partial charge in [0, 0.05) is 0 Å². The molecule has 218 valence electrons. The number of hydrogen-bond donors (Lipinski definition) is 2. The molecule has 0 aromatic heterocycles. The average Bonchev–Trinajstić information content (AvgIpc) is 2.99. The highest BCUT2D eigenvalue weighted by Gasteiger charge is 2.38. The lowest BCUT2D eigenvalue weighted by atomic mass is 10.0. The third-order valence-electron chi connectivity index (χ3n) is 6.21. The lowest BCUT2D eigenvalue weighted by molar-refractivity contribution is -0.150. The number of amides is 4. The number of nitrogens with two attached hydrogens (primary N) is 1. The summed E-state index contributed by atoms with van der Waals surface area (Å²) in [5.74, 6) is 5.28. The zero-order valence-corrected chi connectivity index (χ0v) is 22.8. The number of nitrogens with one attached hydrogen (secondary N) is 1. The fourth-order valence-corrected chi connectivity index (χ4v) is 4.02. The number of unbranched alkanes of at least 4 members (excludes halogenated alkanes) is 2. The first-order valence-electron chi connectivity index (χ1n) is 13.5. The van der Waals surface area contributed by atoms with Gasteiger partial charge in [-0.1, -0.05) is 70.9 Å². The van der Waals surface area contributed by atoms with E-state index in [2.05, 4.69) is 25.8 Å². The number of hydrogen-bond acceptors (Lipinski definition) is 9. The second-order valence-electron chi connectivity index (χ2n) is 9.32. The van der Waals surface area contributed by atoms with Gasteiger partial charge in [0.1, 0.15) is 25.3 Å². The van der Waals surface area contributed by atoms with Gasteiger partial charge in [0.25, 0.3) is 5.91 Å². The molecule has 2 aromatic carbocycles. The van der Waals surface area contributed by atoms with E-state index in [4.69, 9.17) is 15.3 Å². The molecule has 3 N–H and O–H groups in total. The van der Waals surface area contributed by atoms with E-state index in [9.17, 15) is 19.2 Å². The number of hydrazine groups is 1. The van der Waals surface area contributed by atoms with E-state index < -0.39 is 24.3 Å². The quantitative estimate of drug-likeness (QED) is 0.147. The molecule has 0 bridgehead atoms. The maximum atomic E-state index is 12.7. The summed E-state index contributed by atoms with van der Waals surface area (Å²) >= 11 is 0. The largest absolute Gasteiger partial charge is 0.452 e. The van der Waals surface area contributed by atoms with E-state index in [1.165, 1.54) is 0 Å². The Kier molecular flexibility index (Phi) is 13.0. The fourth-order valence-electron chi connectivity index (χ4n) is 4.02. The Morgan fingerprint density at radius 3 is 1.76 bits per heavy atom. The first kappa shape index (κ1) is 31.0. The van der Waals surface area contributed by atoms with Crippen LogP contribution in [0.15, 0.2) is 81.1 Å². The molecule has 2 unspecified atom stereocenters. The smallest absolute Gasteiger partial charge is 0.442 e. The van der Waals surface area contributed by atoms with Crippen LogP contribution >= 0.6 is 0 Å². The second kappa shape index (κ2) is 17.2. The minimum atomic E-state index is -0.776. The highest BCUT2D eigenvalue weighted by atomic mass is 16.6. The molecule has 1 heterocycles. The van der Waals surface area contributed by atoms with E-state index in [-0.39, 0.29) is 38.1 Å². The molecule has 0 saturated carbocycles. The predicted molar refractivity (Wildman–Crippen MR) is 147 cm³/mol. The molecule has 41 heavy (non-hydrogen) atoms. The average molecular weight is 566 g/mol. The number of azo groups is 2. The second-order valence-corrected chi connectivity index (χ2v) is 9.32. The molecule has 2 aromatic rings. The maximum Gasteiger partial charge on any atom is 0.452 e. The van der Waals surface area contributed by atoms with Gasteiger partial charge >= 0.3 is 12.2 Å². The Morgan fingerprint density at radius 1 is 0.756 bits per heavy atom. The summed E-state index contributed by atoms with van der Waals surface area (Å²) in [6, 6.07) is 17.0. The minimum Gasteiger partial charge on any atom is -0.442 e. The summed E-state index contributed by atoms with van der Waals surface area (Å²) in [6.45, 7) is 0.800. The standard InChI is InChI=1S/C28H35N7O6/c29-35-24(16-8-10-18-31-34-28(39)41-20-22-13-5-2-6-14-22)25(36)32-23(26(35)37)15-7-9-17-30-33-27(38)40-19-21-11-3-1-4-12-21/h1-6,11-14,23-24H,7-10,15-20,29H2,(H,32,36). The zero-order chi connectivity index (χ0) is 29.3. The highest BCUT2D eigenvalue weighted by Crippen LogP contribution is 2.16. The highest BCUT2D eigenvalue weighted by molar-refractivity contribution is 5.96. The lowest BCUT2D eigenvalue weighted by Gasteiger charge is -2.36. The normalized spacial score (nSPS) is 17.1. The van der Waals surface area contributed by atoms with E-state index in [0.29, 0.717) is 38.5 Å². The topological polar surface area (TPSA) is 177 Å². The molecule has 3 rings (SSSR count). The Balaban J connectivity index is 1.25. The van der Waals surface area contributed by atoms with Crippen molar-refractivity contribution in [3.05, 3.63) is 71.8 Å². The molecular weight excluding hydrogens is 530 g/mol. The van der Waals surface area contributed by atoms with Gasteiger partial charge in [-0.2, -0.15) is 10.2 Å². The van der Waals surface area contributed by atoms with E-state index in [1.54, 1.807) is 0 Å². The molecule has 4 amide bonds. The van der Waals surface area contributed by atoms with E-state index in [0.717, 1.165) is 16.1 Å². The van der Waals surface area contributed by atoms with Crippen molar-refractivity contribution in [3.8, 4) is 0 Å². The molecule has 0 spiro atoms. The summed E-state index contributed by atoms with van der Waals surface area (Å²) < 4.78 is 10.0. The maximum absolute atomic E-state index is 12.7. The fraction of sp³-hybridized carbons (Fsp3) is 0.429. The number of carbonyl (C=O) groups is 4. The molecule has 13 nitrogen and oxygen atoms in total. The third kappa shape index (κ3) is 11.2. The Bertz CT molecular complexity index is 1190. The van der Waals surface area contributed by atoms with Gasteiger partial charge in [-0.05, 0) is 49.7 Å². The summed E-state index contributed by atoms with van der Waals surface area (Å²) in [5.41, 5.74) is 1.71. The van der Waals surface area contributed by atoms with E-state index >= 15 is 0 Å². The number of piperazine rings is 1. The molecule has 0 radical (unpaired) electrons. The van der Waals surface area contributed by atoms with Crippen LogP contribution in [0.4, 0.5) is 9.59 Å². The molecular formula is C28H35N7O6. The first-order chi connectivity index (χ1) is 19.9. The lowest BCUT2D eigenvalue weighted by Crippen LogP contribution is -2.65. The third-order valence-corrected chi connectivity index (χ3v) is 6.21. The van der Waals surface area contributed by atoms with Gasteiger partial charge in [-0.25, -0.2) is 15.4 Å². The van der Waals surface area contributed by atoms with Crippen molar-refractivity contribution in [2.24, 2.45) is 26.3 Å². The Morgan fingerprint density at radius 2 is 1.24 bits per heavy atom. The van der Waals surface area contributed by atoms with Gasteiger partial charge < -0.3 is 14.8 Å². The van der Waals surface area contributed by atoms with Crippen LogP contribution in [0.1, 0.15) is 49.7 Å². The number of rotatable bonds is 14. The van der Waals surface area contributed by atoms with Crippen molar-refractivity contribution in [1.29, 1.82) is 0 Å². The predicted octanol–water partition coefficient (Wildman–Crippen LogP) is 4.47. The number of ether oxygens (including phenoxy) is 2. The summed E-state index contributed by atoms with van der Waals surface area (Å²) in [4.78, 5) is 48.5. The van der Waals surface area contributed by atoms with Gasteiger partial charge in [0.2, 0.25) is 5.91 Å². The summed E-state index contributed by atoms with van der Waals surface area (Å²) in [5, 5.41) is 18.4. The Hall–Kier alpha value is -4.52. The summed E-state index contributed by atoms with van der Waals surface area (Å²) in [7, 11) is 0. The molecule has 2 atom stereocenters. The molecule has 1 aliphatic rings.